The van der Waals surface area contributed by atoms with Crippen LogP contribution < -0.4 is 0 Å². The lowest BCUT2D eigenvalue weighted by atomic mass is 10.0. The van der Waals surface area contributed by atoms with Gasteiger partial charge in [0.05, 0.1) is 17.9 Å². The molecule has 0 atom stereocenters. The number of aryl methyl sites for hydroxylation is 1. The van der Waals surface area contributed by atoms with Gasteiger partial charge in [-0.15, -0.1) is 0 Å². The zero-order chi connectivity index (χ0) is 17.4. The summed E-state index contributed by atoms with van der Waals surface area (Å²) in [7, 11) is 0. The van der Waals surface area contributed by atoms with E-state index >= 15 is 0 Å². The van der Waals surface area contributed by atoms with Crippen LogP contribution in [0.3, 0.4) is 0 Å². The third kappa shape index (κ3) is 3.26. The van der Waals surface area contributed by atoms with Crippen molar-refractivity contribution in [1.29, 1.82) is 0 Å². The summed E-state index contributed by atoms with van der Waals surface area (Å²) in [5.74, 6) is -1.72. The summed E-state index contributed by atoms with van der Waals surface area (Å²) in [5.41, 5.74) is 2.06. The Morgan fingerprint density at radius 1 is 1.12 bits per heavy atom. The summed E-state index contributed by atoms with van der Waals surface area (Å²) >= 11 is 0. The lowest BCUT2D eigenvalue weighted by molar-refractivity contribution is 0.172. The topological polar surface area (TPSA) is 34.0 Å². The molecule has 4 nitrogen and oxygen atoms in total. The summed E-state index contributed by atoms with van der Waals surface area (Å²) in [6, 6.07) is 6.83. The van der Waals surface area contributed by atoms with E-state index in [9.17, 15) is 8.78 Å². The van der Waals surface area contributed by atoms with Crippen LogP contribution in [-0.4, -0.2) is 32.8 Å². The fourth-order valence-corrected chi connectivity index (χ4v) is 3.46. The fraction of sp³-hybridized carbons (Fsp3) is 0.368. The molecule has 3 aromatic rings. The van der Waals surface area contributed by atoms with Crippen molar-refractivity contribution in [3.05, 3.63) is 59.6 Å². The Kier molecular flexibility index (Phi) is 4.21. The summed E-state index contributed by atoms with van der Waals surface area (Å²) in [5, 5.41) is 5.03. The van der Waals surface area contributed by atoms with E-state index in [-0.39, 0.29) is 5.52 Å². The molecule has 1 saturated heterocycles. The number of rotatable bonds is 3. The van der Waals surface area contributed by atoms with Gasteiger partial charge in [0, 0.05) is 31.2 Å². The monoisotopic (exact) mass is 342 g/mol. The molecule has 130 valence electrons. The summed E-state index contributed by atoms with van der Waals surface area (Å²) in [6.07, 6.45) is 6.02. The van der Waals surface area contributed by atoms with Gasteiger partial charge in [-0.1, -0.05) is 6.07 Å². The maximum atomic E-state index is 13.9. The molecule has 0 unspecified atom stereocenters. The van der Waals surface area contributed by atoms with Gasteiger partial charge in [0.15, 0.2) is 11.6 Å². The predicted molar refractivity (Wildman–Crippen MR) is 92.2 cm³/mol. The standard InChI is InChI=1S/C19H20F2N4/c1-13-10-22-25(11-13)16-6-8-24(9-7-16)12-15-4-2-14-3-5-17(20)18(21)19(14)23-15/h2-5,10-11,16H,6-9,12H2,1H3. The van der Waals surface area contributed by atoms with Gasteiger partial charge in [-0.3, -0.25) is 9.58 Å². The van der Waals surface area contributed by atoms with Crippen LogP contribution in [-0.2, 0) is 6.54 Å². The third-order valence-electron chi connectivity index (χ3n) is 4.86. The second kappa shape index (κ2) is 6.52. The van der Waals surface area contributed by atoms with Crippen molar-refractivity contribution in [2.75, 3.05) is 13.1 Å². The van der Waals surface area contributed by atoms with Crippen LogP contribution in [0.15, 0.2) is 36.7 Å². The molecule has 0 saturated carbocycles. The van der Waals surface area contributed by atoms with E-state index in [1.807, 2.05) is 19.2 Å². The largest absolute Gasteiger partial charge is 0.297 e. The minimum absolute atomic E-state index is 0.111. The molecule has 6 heteroatoms. The average molecular weight is 342 g/mol. The lowest BCUT2D eigenvalue weighted by Crippen LogP contribution is -2.34. The smallest absolute Gasteiger partial charge is 0.184 e. The van der Waals surface area contributed by atoms with Crippen molar-refractivity contribution in [2.45, 2.75) is 32.4 Å². The molecule has 2 aromatic heterocycles. The highest BCUT2D eigenvalue weighted by Crippen LogP contribution is 2.24. The van der Waals surface area contributed by atoms with Crippen molar-refractivity contribution in [3.63, 3.8) is 0 Å². The Labute approximate surface area is 145 Å². The molecule has 1 fully saturated rings. The summed E-state index contributed by atoms with van der Waals surface area (Å²) < 4.78 is 29.4. The van der Waals surface area contributed by atoms with Crippen molar-refractivity contribution >= 4 is 10.9 Å². The van der Waals surface area contributed by atoms with Gasteiger partial charge >= 0.3 is 0 Å². The van der Waals surface area contributed by atoms with Gasteiger partial charge < -0.3 is 0 Å². The number of nitrogens with zero attached hydrogens (tertiary/aromatic N) is 4. The molecular formula is C19H20F2N4. The van der Waals surface area contributed by atoms with Crippen molar-refractivity contribution in [2.24, 2.45) is 0 Å². The second-order valence-corrected chi connectivity index (χ2v) is 6.74. The first-order valence-electron chi connectivity index (χ1n) is 8.57. The lowest BCUT2D eigenvalue weighted by Gasteiger charge is -2.31. The minimum atomic E-state index is -0.868. The van der Waals surface area contributed by atoms with Crippen LogP contribution in [0.4, 0.5) is 8.78 Å². The molecule has 1 aliphatic rings. The van der Waals surface area contributed by atoms with Crippen molar-refractivity contribution in [1.82, 2.24) is 19.7 Å². The predicted octanol–water partition coefficient (Wildman–Crippen LogP) is 3.86. The van der Waals surface area contributed by atoms with Crippen LogP contribution in [0, 0.1) is 18.6 Å². The van der Waals surface area contributed by atoms with Crippen LogP contribution in [0.5, 0.6) is 0 Å². The molecule has 0 spiro atoms. The van der Waals surface area contributed by atoms with Gasteiger partial charge in [0.2, 0.25) is 0 Å². The molecule has 1 aromatic carbocycles. The molecule has 0 aliphatic carbocycles. The Morgan fingerprint density at radius 3 is 2.60 bits per heavy atom. The van der Waals surface area contributed by atoms with E-state index in [0.29, 0.717) is 18.0 Å². The minimum Gasteiger partial charge on any atom is -0.297 e. The highest BCUT2D eigenvalue weighted by molar-refractivity contribution is 5.79. The van der Waals surface area contributed by atoms with E-state index in [0.717, 1.165) is 37.7 Å². The summed E-state index contributed by atoms with van der Waals surface area (Å²) in [6.45, 7) is 4.58. The van der Waals surface area contributed by atoms with Crippen LogP contribution in [0.1, 0.15) is 30.1 Å². The molecule has 0 amide bonds. The number of halogens is 2. The van der Waals surface area contributed by atoms with E-state index in [1.54, 1.807) is 12.1 Å². The average Bonchev–Trinajstić information content (AvgIpc) is 3.06. The van der Waals surface area contributed by atoms with Crippen molar-refractivity contribution in [3.8, 4) is 0 Å². The fourth-order valence-electron chi connectivity index (χ4n) is 3.46. The van der Waals surface area contributed by atoms with E-state index < -0.39 is 11.6 Å². The Morgan fingerprint density at radius 2 is 1.88 bits per heavy atom. The quantitative estimate of drug-likeness (QED) is 0.725. The number of likely N-dealkylation sites (tertiary alicyclic amines) is 1. The maximum absolute atomic E-state index is 13.9. The molecule has 25 heavy (non-hydrogen) atoms. The second-order valence-electron chi connectivity index (χ2n) is 6.74. The summed E-state index contributed by atoms with van der Waals surface area (Å²) in [4.78, 5) is 6.64. The Balaban J connectivity index is 1.45. The SMILES string of the molecule is Cc1cnn(C2CCN(Cc3ccc4ccc(F)c(F)c4n3)CC2)c1. The zero-order valence-electron chi connectivity index (χ0n) is 14.1. The molecular weight excluding hydrogens is 322 g/mol. The molecule has 3 heterocycles. The number of benzene rings is 1. The molecule has 0 bridgehead atoms. The highest BCUT2D eigenvalue weighted by atomic mass is 19.2. The van der Waals surface area contributed by atoms with Crippen LogP contribution >= 0.6 is 0 Å². The molecule has 1 aliphatic heterocycles. The Bertz CT molecular complexity index is 898. The number of hydrogen-bond acceptors (Lipinski definition) is 3. The van der Waals surface area contributed by atoms with Gasteiger partial charge in [-0.05, 0) is 43.5 Å². The van der Waals surface area contributed by atoms with Crippen molar-refractivity contribution < 1.29 is 8.78 Å². The molecule has 4 rings (SSSR count). The normalized spacial score (nSPS) is 16.6. The first-order chi connectivity index (χ1) is 12.1. The number of aromatic nitrogens is 3. The highest BCUT2D eigenvalue weighted by Gasteiger charge is 2.21. The van der Waals surface area contributed by atoms with Gasteiger partial charge in [-0.2, -0.15) is 5.10 Å². The van der Waals surface area contributed by atoms with Gasteiger partial charge in [0.25, 0.3) is 0 Å². The first-order valence-corrected chi connectivity index (χ1v) is 8.57. The van der Waals surface area contributed by atoms with E-state index in [1.165, 1.54) is 5.56 Å². The maximum Gasteiger partial charge on any atom is 0.184 e. The molecule has 0 N–H and O–H groups in total. The third-order valence-corrected chi connectivity index (χ3v) is 4.86. The number of fused-ring (bicyclic) bond motifs is 1. The molecule has 0 radical (unpaired) electrons. The number of pyridine rings is 1. The van der Waals surface area contributed by atoms with Gasteiger partial charge in [0.1, 0.15) is 5.52 Å². The number of piperidine rings is 1. The van der Waals surface area contributed by atoms with Gasteiger partial charge in [-0.25, -0.2) is 13.8 Å². The van der Waals surface area contributed by atoms with Crippen LogP contribution in [0.25, 0.3) is 10.9 Å². The zero-order valence-corrected chi connectivity index (χ0v) is 14.1. The first kappa shape index (κ1) is 16.1. The van der Waals surface area contributed by atoms with E-state index in [2.05, 4.69) is 25.9 Å². The van der Waals surface area contributed by atoms with E-state index in [4.69, 9.17) is 0 Å². The Hall–Kier alpha value is -2.34. The van der Waals surface area contributed by atoms with Crippen LogP contribution in [0.2, 0.25) is 0 Å². The number of hydrogen-bond donors (Lipinski definition) is 0.